The zero-order valence-corrected chi connectivity index (χ0v) is 45.3. The zero-order chi connectivity index (χ0) is 48.7. The molecule has 0 radical (unpaired) electrons. The number of phosphoric acid groups is 1. The topological polar surface area (TPSA) is 111 Å². The van der Waals surface area contributed by atoms with Crippen LogP contribution in [0.3, 0.4) is 0 Å². The fourth-order valence-electron chi connectivity index (χ4n) is 8.23. The van der Waals surface area contributed by atoms with Gasteiger partial charge in [-0.05, 0) is 57.4 Å². The quantitative estimate of drug-likeness (QED) is 0.0205. The first-order valence-electron chi connectivity index (χ1n) is 28.2. The van der Waals surface area contributed by atoms with Crippen molar-refractivity contribution in [3.05, 3.63) is 24.3 Å². The Morgan fingerprint density at radius 2 is 0.879 bits per heavy atom. The van der Waals surface area contributed by atoms with Crippen molar-refractivity contribution >= 4 is 19.7 Å². The lowest BCUT2D eigenvalue weighted by Gasteiger charge is -2.27. The third kappa shape index (κ3) is 47.6. The van der Waals surface area contributed by atoms with Crippen molar-refractivity contribution in [2.24, 2.45) is 0 Å². The summed E-state index contributed by atoms with van der Waals surface area (Å²) in [5.41, 5.74) is 0. The Morgan fingerprint density at radius 3 is 1.30 bits per heavy atom. The highest BCUT2D eigenvalue weighted by Gasteiger charge is 2.30. The fourth-order valence-corrected chi connectivity index (χ4v) is 8.96. The van der Waals surface area contributed by atoms with E-state index in [2.05, 4.69) is 38.2 Å². The largest absolute Gasteiger partial charge is 0.472 e. The number of rotatable bonds is 51. The summed E-state index contributed by atoms with van der Waals surface area (Å²) in [5, 5.41) is 3.04. The predicted octanol–water partition coefficient (Wildman–Crippen LogP) is 16.6. The molecule has 1 amide bonds. The average molecular weight is 954 g/mol. The van der Waals surface area contributed by atoms with Crippen LogP contribution in [-0.2, 0) is 27.9 Å². The van der Waals surface area contributed by atoms with Crippen LogP contribution >= 0.6 is 7.82 Å². The summed E-state index contributed by atoms with van der Waals surface area (Å²) in [4.78, 5) is 37.5. The monoisotopic (exact) mass is 954 g/mol. The van der Waals surface area contributed by atoms with E-state index in [1.165, 1.54) is 167 Å². The van der Waals surface area contributed by atoms with Crippen LogP contribution in [0.1, 0.15) is 271 Å². The molecule has 0 aromatic carbocycles. The van der Waals surface area contributed by atoms with Gasteiger partial charge >= 0.3 is 13.8 Å². The van der Waals surface area contributed by atoms with E-state index in [4.69, 9.17) is 13.8 Å². The van der Waals surface area contributed by atoms with Gasteiger partial charge in [-0.2, -0.15) is 0 Å². The summed E-state index contributed by atoms with van der Waals surface area (Å²) in [6.07, 6.45) is 53.1. The van der Waals surface area contributed by atoms with Crippen LogP contribution < -0.4 is 5.32 Å². The number of ether oxygens (including phenoxy) is 1. The summed E-state index contributed by atoms with van der Waals surface area (Å²) in [7, 11) is 1.50. The molecule has 0 heterocycles. The Morgan fingerprint density at radius 1 is 0.515 bits per heavy atom. The van der Waals surface area contributed by atoms with E-state index in [1.807, 2.05) is 33.3 Å². The van der Waals surface area contributed by atoms with Crippen LogP contribution in [0.15, 0.2) is 24.3 Å². The average Bonchev–Trinajstić information content (AvgIpc) is 3.27. The lowest BCUT2D eigenvalue weighted by Crippen LogP contribution is -2.47. The number of nitrogens with zero attached hydrogens (tertiary/aromatic N) is 1. The maximum absolute atomic E-state index is 13.5. The summed E-state index contributed by atoms with van der Waals surface area (Å²) in [5.74, 6) is -0.514. The molecule has 0 saturated carbocycles. The second kappa shape index (κ2) is 47.2. The Labute approximate surface area is 409 Å². The molecule has 390 valence electrons. The molecule has 0 bridgehead atoms. The minimum atomic E-state index is -4.44. The highest BCUT2D eigenvalue weighted by atomic mass is 31.2. The first kappa shape index (κ1) is 64.5. The summed E-state index contributed by atoms with van der Waals surface area (Å²) >= 11 is 0. The molecule has 0 aromatic rings. The van der Waals surface area contributed by atoms with E-state index >= 15 is 0 Å². The molecule has 0 aliphatic carbocycles. The first-order valence-corrected chi connectivity index (χ1v) is 29.7. The number of hydrogen-bond donors (Lipinski definition) is 2. The van der Waals surface area contributed by atoms with Gasteiger partial charge in [-0.15, -0.1) is 0 Å². The van der Waals surface area contributed by atoms with Crippen LogP contribution in [-0.4, -0.2) is 74.3 Å². The Bertz CT molecular complexity index is 1190. The molecule has 3 atom stereocenters. The molecule has 10 heteroatoms. The Hall–Kier alpha value is -1.51. The van der Waals surface area contributed by atoms with Crippen molar-refractivity contribution < 1.29 is 37.3 Å². The molecule has 66 heavy (non-hydrogen) atoms. The molecule has 3 unspecified atom stereocenters. The van der Waals surface area contributed by atoms with E-state index in [0.29, 0.717) is 17.4 Å². The van der Waals surface area contributed by atoms with Crippen LogP contribution in [0.2, 0.25) is 0 Å². The lowest BCUT2D eigenvalue weighted by atomic mass is 10.0. The van der Waals surface area contributed by atoms with Gasteiger partial charge in [0.1, 0.15) is 19.3 Å². The molecular weight excluding hydrogens is 844 g/mol. The van der Waals surface area contributed by atoms with Gasteiger partial charge in [0.2, 0.25) is 5.91 Å². The van der Waals surface area contributed by atoms with E-state index in [1.54, 1.807) is 0 Å². The number of carbonyl (C=O) groups is 2. The third-order valence-electron chi connectivity index (χ3n) is 12.6. The molecule has 0 rings (SSSR count). The molecule has 0 aliphatic heterocycles. The first-order chi connectivity index (χ1) is 31.9. The number of esters is 1. The maximum atomic E-state index is 13.5. The number of unbranched alkanes of at least 4 members (excludes halogenated alkanes) is 33. The SMILES string of the molecule is CCCCCCCC/C=C\CCCCCC(=O)OC(/C=C/CCCCCCCCCCC)C(COP(=O)(O)OCC[N+](C)(C)C)NC(=O)CCCCCCCCCCCCCCCCCC. The van der Waals surface area contributed by atoms with E-state index < -0.39 is 20.0 Å². The van der Waals surface area contributed by atoms with E-state index in [9.17, 15) is 19.0 Å². The van der Waals surface area contributed by atoms with Crippen LogP contribution in [0.4, 0.5) is 0 Å². The van der Waals surface area contributed by atoms with Crippen molar-refractivity contribution in [3.63, 3.8) is 0 Å². The predicted molar refractivity (Wildman–Crippen MR) is 282 cm³/mol. The summed E-state index contributed by atoms with van der Waals surface area (Å²) < 4.78 is 30.5. The third-order valence-corrected chi connectivity index (χ3v) is 13.6. The van der Waals surface area contributed by atoms with Crippen molar-refractivity contribution in [1.82, 2.24) is 5.32 Å². The van der Waals surface area contributed by atoms with Gasteiger partial charge in [0.25, 0.3) is 0 Å². The molecule has 0 aliphatic rings. The number of phosphoric ester groups is 1. The van der Waals surface area contributed by atoms with Gasteiger partial charge in [-0.1, -0.05) is 225 Å². The number of hydrogen-bond acceptors (Lipinski definition) is 6. The molecule has 2 N–H and O–H groups in total. The lowest BCUT2D eigenvalue weighted by molar-refractivity contribution is -0.870. The van der Waals surface area contributed by atoms with Gasteiger partial charge in [0.15, 0.2) is 0 Å². The van der Waals surface area contributed by atoms with Gasteiger partial charge in [-0.3, -0.25) is 18.6 Å². The van der Waals surface area contributed by atoms with Crippen LogP contribution in [0.25, 0.3) is 0 Å². The van der Waals surface area contributed by atoms with Crippen molar-refractivity contribution in [1.29, 1.82) is 0 Å². The number of quaternary nitrogens is 1. The highest BCUT2D eigenvalue weighted by molar-refractivity contribution is 7.47. The fraction of sp³-hybridized carbons (Fsp3) is 0.893. The second-order valence-electron chi connectivity index (χ2n) is 20.5. The number of allylic oxidation sites excluding steroid dienone is 3. The minimum absolute atomic E-state index is 0.0412. The molecule has 0 saturated heterocycles. The maximum Gasteiger partial charge on any atom is 0.472 e. The second-order valence-corrected chi connectivity index (χ2v) is 21.9. The molecular formula is C56H110N2O7P+. The summed E-state index contributed by atoms with van der Waals surface area (Å²) in [6, 6.07) is -0.846. The van der Waals surface area contributed by atoms with Gasteiger partial charge in [0.05, 0.1) is 33.8 Å². The van der Waals surface area contributed by atoms with Gasteiger partial charge in [0, 0.05) is 12.8 Å². The van der Waals surface area contributed by atoms with Crippen molar-refractivity contribution in [2.75, 3.05) is 40.9 Å². The molecule has 0 fully saturated rings. The van der Waals surface area contributed by atoms with E-state index in [0.717, 1.165) is 70.6 Å². The van der Waals surface area contributed by atoms with E-state index in [-0.39, 0.29) is 31.5 Å². The number of likely N-dealkylation sites (N-methyl/N-ethyl adjacent to an activating group) is 1. The molecule has 0 aromatic heterocycles. The Kier molecular flexibility index (Phi) is 46.1. The smallest absolute Gasteiger partial charge is 0.456 e. The summed E-state index contributed by atoms with van der Waals surface area (Å²) in [6.45, 7) is 7.01. The van der Waals surface area contributed by atoms with Crippen LogP contribution in [0.5, 0.6) is 0 Å². The Balaban J connectivity index is 5.33. The highest BCUT2D eigenvalue weighted by Crippen LogP contribution is 2.43. The number of nitrogens with one attached hydrogen (secondary N) is 1. The number of carbonyl (C=O) groups excluding carboxylic acids is 2. The molecule has 0 spiro atoms. The normalized spacial score (nSPS) is 14.0. The minimum Gasteiger partial charge on any atom is -0.456 e. The van der Waals surface area contributed by atoms with Crippen molar-refractivity contribution in [2.45, 2.75) is 283 Å². The van der Waals surface area contributed by atoms with Gasteiger partial charge in [-0.25, -0.2) is 4.57 Å². The van der Waals surface area contributed by atoms with Crippen LogP contribution in [0, 0.1) is 0 Å². The zero-order valence-electron chi connectivity index (χ0n) is 44.5. The standard InChI is InChI=1S/C56H109N2O7P/c1-7-10-13-16-19-22-25-27-28-29-31-33-36-39-42-45-48-55(59)57-53(52-64-66(61,62)63-51-50-58(4,5)6)54(47-44-41-38-35-32-24-21-18-15-12-9-3)65-56(60)49-46-43-40-37-34-30-26-23-20-17-14-11-8-2/h30,34,44,47,53-54H,7-29,31-33,35-43,45-46,48-52H2,1-6H3,(H-,57,59,61,62)/p+1/b34-30-,47-44+. The molecule has 9 nitrogen and oxygen atoms in total. The van der Waals surface area contributed by atoms with Gasteiger partial charge < -0.3 is 19.4 Å². The van der Waals surface area contributed by atoms with Crippen molar-refractivity contribution in [3.8, 4) is 0 Å². The number of amides is 1.